The molecule has 0 bridgehead atoms. The summed E-state index contributed by atoms with van der Waals surface area (Å²) in [4.78, 5) is 6.68. The summed E-state index contributed by atoms with van der Waals surface area (Å²) in [5.74, 6) is 1.04. The first-order valence-corrected chi connectivity index (χ1v) is 7.93. The molecule has 0 spiro atoms. The highest BCUT2D eigenvalue weighted by atomic mass is 79.9. The maximum Gasteiger partial charge on any atom is 0.259 e. The zero-order chi connectivity index (χ0) is 15.4. The van der Waals surface area contributed by atoms with Gasteiger partial charge in [0.2, 0.25) is 0 Å². The van der Waals surface area contributed by atoms with Gasteiger partial charge in [0, 0.05) is 11.0 Å². The Bertz CT molecular complexity index is 595. The van der Waals surface area contributed by atoms with E-state index in [-0.39, 0.29) is 6.04 Å². The van der Waals surface area contributed by atoms with Gasteiger partial charge in [0.15, 0.2) is 5.82 Å². The summed E-state index contributed by atoms with van der Waals surface area (Å²) in [7, 11) is 0. The van der Waals surface area contributed by atoms with Crippen molar-refractivity contribution in [1.82, 2.24) is 15.0 Å². The molecule has 1 heterocycles. The number of halogens is 1. The fraction of sp³-hybridized carbons (Fsp3) is 0.467. The molecule has 0 aliphatic heterocycles. The van der Waals surface area contributed by atoms with E-state index in [2.05, 4.69) is 44.8 Å². The third-order valence-corrected chi connectivity index (χ3v) is 4.60. The van der Waals surface area contributed by atoms with Crippen LogP contribution in [0.1, 0.15) is 31.3 Å². The molecular formula is C15H21BrN4O. The predicted octanol–water partition coefficient (Wildman–Crippen LogP) is 3.15. The van der Waals surface area contributed by atoms with Gasteiger partial charge in [0.05, 0.1) is 11.6 Å². The minimum atomic E-state index is -0.244. The molecule has 5 nitrogen and oxygen atoms in total. The van der Waals surface area contributed by atoms with Gasteiger partial charge in [-0.15, -0.1) is 0 Å². The Morgan fingerprint density at radius 3 is 2.71 bits per heavy atom. The molecule has 2 rings (SSSR count). The fourth-order valence-corrected chi connectivity index (χ4v) is 2.58. The van der Waals surface area contributed by atoms with Crippen LogP contribution in [-0.4, -0.2) is 34.7 Å². The van der Waals surface area contributed by atoms with Crippen molar-refractivity contribution >= 4 is 15.9 Å². The summed E-state index contributed by atoms with van der Waals surface area (Å²) >= 11 is 3.56. The van der Waals surface area contributed by atoms with Crippen LogP contribution in [0.4, 0.5) is 0 Å². The summed E-state index contributed by atoms with van der Waals surface area (Å²) in [6, 6.07) is 5.70. The molecule has 1 aromatic carbocycles. The first kappa shape index (κ1) is 16.1. The van der Waals surface area contributed by atoms with Gasteiger partial charge >= 0.3 is 0 Å². The Kier molecular flexibility index (Phi) is 5.50. The van der Waals surface area contributed by atoms with Crippen molar-refractivity contribution in [3.63, 3.8) is 0 Å². The van der Waals surface area contributed by atoms with Crippen LogP contribution in [0.3, 0.4) is 0 Å². The van der Waals surface area contributed by atoms with Gasteiger partial charge < -0.3 is 15.2 Å². The normalized spacial score (nSPS) is 12.9. The highest BCUT2D eigenvalue weighted by Gasteiger charge is 2.18. The molecule has 21 heavy (non-hydrogen) atoms. The summed E-state index contributed by atoms with van der Waals surface area (Å²) in [6.07, 6.45) is 0. The van der Waals surface area contributed by atoms with Crippen LogP contribution in [0, 0.1) is 6.92 Å². The molecule has 1 aromatic heterocycles. The van der Waals surface area contributed by atoms with Crippen LogP contribution >= 0.6 is 15.9 Å². The molecular weight excluding hydrogens is 332 g/mol. The zero-order valence-corrected chi connectivity index (χ0v) is 14.2. The Morgan fingerprint density at radius 1 is 1.33 bits per heavy atom. The molecule has 1 unspecified atom stereocenters. The molecule has 2 N–H and O–H groups in total. The number of benzene rings is 1. The summed E-state index contributed by atoms with van der Waals surface area (Å²) in [5, 5.41) is 4.03. The van der Waals surface area contributed by atoms with Crippen LogP contribution in [0.25, 0.3) is 11.5 Å². The third kappa shape index (κ3) is 3.70. The molecule has 0 aliphatic rings. The van der Waals surface area contributed by atoms with E-state index in [9.17, 15) is 0 Å². The van der Waals surface area contributed by atoms with E-state index < -0.39 is 0 Å². The van der Waals surface area contributed by atoms with Crippen LogP contribution < -0.4 is 5.73 Å². The summed E-state index contributed by atoms with van der Waals surface area (Å²) in [6.45, 7) is 8.89. The second-order valence-corrected chi connectivity index (χ2v) is 5.78. The zero-order valence-electron chi connectivity index (χ0n) is 12.6. The number of likely N-dealkylation sites (N-methyl/N-ethyl adjacent to an activating group) is 1. The average molecular weight is 353 g/mol. The topological polar surface area (TPSA) is 68.2 Å². The third-order valence-electron chi connectivity index (χ3n) is 3.54. The molecule has 1 atom stereocenters. The highest BCUT2D eigenvalue weighted by molar-refractivity contribution is 9.10. The van der Waals surface area contributed by atoms with E-state index in [1.54, 1.807) is 0 Å². The monoisotopic (exact) mass is 352 g/mol. The molecule has 114 valence electrons. The molecule has 0 radical (unpaired) electrons. The standard InChI is InChI=1S/C15H21BrN4O/c1-4-20(5-2)9-12(17)14-18-15(21-19-14)11-8-6-7-10(3)13(11)16/h6-8,12H,4-5,9,17H2,1-3H3. The molecule has 0 saturated heterocycles. The highest BCUT2D eigenvalue weighted by Crippen LogP contribution is 2.29. The van der Waals surface area contributed by atoms with Gasteiger partial charge in [-0.25, -0.2) is 0 Å². The largest absolute Gasteiger partial charge is 0.334 e. The summed E-state index contributed by atoms with van der Waals surface area (Å²) in [5.41, 5.74) is 8.19. The lowest BCUT2D eigenvalue weighted by Crippen LogP contribution is -2.32. The number of aromatic nitrogens is 2. The van der Waals surface area contributed by atoms with Crippen molar-refractivity contribution < 1.29 is 4.52 Å². The maximum absolute atomic E-state index is 6.17. The Morgan fingerprint density at radius 2 is 2.05 bits per heavy atom. The van der Waals surface area contributed by atoms with Crippen molar-refractivity contribution in [3.8, 4) is 11.5 Å². The van der Waals surface area contributed by atoms with E-state index in [1.165, 1.54) is 0 Å². The van der Waals surface area contributed by atoms with Crippen molar-refractivity contribution in [1.29, 1.82) is 0 Å². The molecule has 0 amide bonds. The molecule has 2 aromatic rings. The van der Waals surface area contributed by atoms with Crippen LogP contribution in [0.2, 0.25) is 0 Å². The van der Waals surface area contributed by atoms with E-state index in [1.807, 2.05) is 25.1 Å². The van der Waals surface area contributed by atoms with E-state index >= 15 is 0 Å². The molecule has 0 aliphatic carbocycles. The first-order chi connectivity index (χ1) is 10.1. The molecule has 0 saturated carbocycles. The van der Waals surface area contributed by atoms with Gasteiger partial charge in [-0.1, -0.05) is 31.1 Å². The number of aryl methyl sites for hydroxylation is 1. The quantitative estimate of drug-likeness (QED) is 0.864. The minimum Gasteiger partial charge on any atom is -0.334 e. The molecule has 6 heteroatoms. The SMILES string of the molecule is CCN(CC)CC(N)c1noc(-c2cccc(C)c2Br)n1. The second-order valence-electron chi connectivity index (χ2n) is 4.99. The number of nitrogens with two attached hydrogens (primary N) is 1. The van der Waals surface area contributed by atoms with E-state index in [4.69, 9.17) is 10.3 Å². The first-order valence-electron chi connectivity index (χ1n) is 7.13. The average Bonchev–Trinajstić information content (AvgIpc) is 2.97. The lowest BCUT2D eigenvalue weighted by Gasteiger charge is -2.20. The number of nitrogens with zero attached hydrogens (tertiary/aromatic N) is 3. The second kappa shape index (κ2) is 7.15. The maximum atomic E-state index is 6.17. The van der Waals surface area contributed by atoms with Gasteiger partial charge in [-0.05, 0) is 47.6 Å². The van der Waals surface area contributed by atoms with Crippen LogP contribution in [-0.2, 0) is 0 Å². The minimum absolute atomic E-state index is 0.244. The smallest absolute Gasteiger partial charge is 0.259 e. The van der Waals surface area contributed by atoms with Gasteiger partial charge in [-0.2, -0.15) is 4.98 Å². The fourth-order valence-electron chi connectivity index (χ4n) is 2.15. The predicted molar refractivity (Wildman–Crippen MR) is 86.9 cm³/mol. The molecule has 0 fully saturated rings. The van der Waals surface area contributed by atoms with Crippen LogP contribution in [0.5, 0.6) is 0 Å². The number of hydrogen-bond donors (Lipinski definition) is 1. The van der Waals surface area contributed by atoms with Gasteiger partial charge in [-0.3, -0.25) is 0 Å². The number of hydrogen-bond acceptors (Lipinski definition) is 5. The van der Waals surface area contributed by atoms with Gasteiger partial charge in [0.1, 0.15) is 0 Å². The van der Waals surface area contributed by atoms with Crippen molar-refractivity contribution in [2.75, 3.05) is 19.6 Å². The van der Waals surface area contributed by atoms with Crippen molar-refractivity contribution in [3.05, 3.63) is 34.1 Å². The Labute approximate surface area is 133 Å². The Hall–Kier alpha value is -1.24. The Balaban J connectivity index is 2.19. The summed E-state index contributed by atoms with van der Waals surface area (Å²) < 4.78 is 6.34. The van der Waals surface area contributed by atoms with E-state index in [0.29, 0.717) is 11.7 Å². The van der Waals surface area contributed by atoms with Crippen molar-refractivity contribution in [2.24, 2.45) is 5.73 Å². The lowest BCUT2D eigenvalue weighted by molar-refractivity contribution is 0.278. The van der Waals surface area contributed by atoms with E-state index in [0.717, 1.165) is 35.2 Å². The van der Waals surface area contributed by atoms with Crippen molar-refractivity contribution in [2.45, 2.75) is 26.8 Å². The van der Waals surface area contributed by atoms with Crippen LogP contribution in [0.15, 0.2) is 27.2 Å². The van der Waals surface area contributed by atoms with Gasteiger partial charge in [0.25, 0.3) is 5.89 Å². The lowest BCUT2D eigenvalue weighted by atomic mass is 10.1. The number of rotatable bonds is 6.